The van der Waals surface area contributed by atoms with E-state index in [0.29, 0.717) is 17.0 Å². The summed E-state index contributed by atoms with van der Waals surface area (Å²) in [5.74, 6) is 2.82. The predicted octanol–water partition coefficient (Wildman–Crippen LogP) is 6.18. The van der Waals surface area contributed by atoms with Crippen molar-refractivity contribution in [3.05, 3.63) is 108 Å². The highest BCUT2D eigenvalue weighted by Gasteiger charge is 2.47. The van der Waals surface area contributed by atoms with Crippen molar-refractivity contribution < 1.29 is 23.7 Å². The van der Waals surface area contributed by atoms with Gasteiger partial charge in [0.05, 0.1) is 37.2 Å². The number of aliphatic imine (C=N–C) groups is 1. The summed E-state index contributed by atoms with van der Waals surface area (Å²) in [6, 6.07) is 26.2. The Hall–Kier alpha value is -4.11. The molecule has 0 saturated carbocycles. The van der Waals surface area contributed by atoms with Gasteiger partial charge in [-0.1, -0.05) is 77.2 Å². The lowest BCUT2D eigenvalue weighted by Gasteiger charge is -2.37. The quantitative estimate of drug-likeness (QED) is 0.0513. The number of imidazole rings is 1. The predicted molar refractivity (Wildman–Crippen MR) is 193 cm³/mol. The zero-order chi connectivity index (χ0) is 33.8. The molecule has 1 aliphatic heterocycles. The minimum absolute atomic E-state index is 0.0643. The molecule has 1 saturated heterocycles. The van der Waals surface area contributed by atoms with Gasteiger partial charge in [0.15, 0.2) is 23.2 Å². The Labute approximate surface area is 294 Å². The van der Waals surface area contributed by atoms with Crippen molar-refractivity contribution in [2.45, 2.75) is 34.9 Å². The Morgan fingerprint density at radius 1 is 0.875 bits per heavy atom. The van der Waals surface area contributed by atoms with Crippen LogP contribution in [-0.4, -0.2) is 88.4 Å². The highest BCUT2D eigenvalue weighted by Crippen LogP contribution is 2.44. The summed E-state index contributed by atoms with van der Waals surface area (Å²) in [4.78, 5) is 20.2. The Morgan fingerprint density at radius 3 is 2.04 bits per heavy atom. The lowest BCUT2D eigenvalue weighted by molar-refractivity contribution is -0.0883. The van der Waals surface area contributed by atoms with E-state index >= 15 is 0 Å². The van der Waals surface area contributed by atoms with Crippen LogP contribution < -0.4 is 9.47 Å². The van der Waals surface area contributed by atoms with Crippen LogP contribution in [0.3, 0.4) is 0 Å². The molecule has 11 nitrogen and oxygen atoms in total. The van der Waals surface area contributed by atoms with E-state index in [-0.39, 0.29) is 22.7 Å². The van der Waals surface area contributed by atoms with Crippen molar-refractivity contribution in [1.29, 1.82) is 0 Å². The number of nitrogens with zero attached hydrogens (tertiary/aromatic N) is 6. The average Bonchev–Trinajstić information content (AvgIpc) is 3.70. The first-order valence-corrected chi connectivity index (χ1v) is 16.8. The number of halogens is 1. The van der Waals surface area contributed by atoms with E-state index in [1.807, 2.05) is 97.2 Å². The van der Waals surface area contributed by atoms with Crippen LogP contribution in [0.5, 0.6) is 11.5 Å². The molecule has 0 spiro atoms. The van der Waals surface area contributed by atoms with Gasteiger partial charge in [0.1, 0.15) is 35.4 Å². The summed E-state index contributed by atoms with van der Waals surface area (Å²) in [6.07, 6.45) is 2.06. The number of aromatic nitrogens is 4. The van der Waals surface area contributed by atoms with E-state index < -0.39 is 11.8 Å². The number of fused-ring (bicyclic) bond motifs is 1. The molecule has 0 amide bonds. The van der Waals surface area contributed by atoms with Gasteiger partial charge in [-0.05, 0) is 47.9 Å². The number of hydrogen-bond acceptors (Lipinski definition) is 9. The summed E-state index contributed by atoms with van der Waals surface area (Å²) in [7, 11) is 8.89. The normalized spacial score (nSPS) is 19.9. The van der Waals surface area contributed by atoms with Crippen LogP contribution in [-0.2, 0) is 19.8 Å². The minimum Gasteiger partial charge on any atom is -0.497 e. The number of amidine groups is 1. The third-order valence-corrected chi connectivity index (χ3v) is 10.2. The maximum atomic E-state index is 7.18. The second-order valence-electron chi connectivity index (χ2n) is 11.6. The number of alkyl halides is 1. The molecule has 5 aromatic rings. The first kappa shape index (κ1) is 33.8. The van der Waals surface area contributed by atoms with E-state index in [0.717, 1.165) is 34.0 Å². The molecular weight excluding hydrogens is 723 g/mol. The van der Waals surface area contributed by atoms with Crippen LogP contribution in [0.4, 0.5) is 5.82 Å². The lowest BCUT2D eigenvalue weighted by atomic mass is 9.80. The van der Waals surface area contributed by atoms with E-state index in [9.17, 15) is 0 Å². The summed E-state index contributed by atoms with van der Waals surface area (Å²) in [5, 5.41) is 0. The van der Waals surface area contributed by atoms with Gasteiger partial charge < -0.3 is 28.6 Å². The average molecular weight is 763 g/mol. The molecule has 3 heterocycles. The van der Waals surface area contributed by atoms with Crippen molar-refractivity contribution in [1.82, 2.24) is 24.4 Å². The van der Waals surface area contributed by atoms with Crippen molar-refractivity contribution in [2.24, 2.45) is 4.99 Å². The van der Waals surface area contributed by atoms with Crippen LogP contribution in [0.1, 0.15) is 29.8 Å². The Bertz CT molecular complexity index is 1800. The fourth-order valence-electron chi connectivity index (χ4n) is 5.94. The van der Waals surface area contributed by atoms with Gasteiger partial charge in [-0.2, -0.15) is 0 Å². The molecule has 12 heteroatoms. The van der Waals surface area contributed by atoms with Gasteiger partial charge in [-0.3, -0.25) is 4.57 Å². The highest BCUT2D eigenvalue weighted by atomic mass is 127. The zero-order valence-electron chi connectivity index (χ0n) is 27.8. The van der Waals surface area contributed by atoms with Gasteiger partial charge in [-0.15, -0.1) is 0 Å². The smallest absolute Gasteiger partial charge is 0.185 e. The third kappa shape index (κ3) is 6.37. The third-order valence-electron chi connectivity index (χ3n) is 8.70. The molecule has 0 N–H and O–H groups in total. The summed E-state index contributed by atoms with van der Waals surface area (Å²) >= 11 is 2.41. The monoisotopic (exact) mass is 762 g/mol. The highest BCUT2D eigenvalue weighted by molar-refractivity contribution is 14.1. The first-order chi connectivity index (χ1) is 23.3. The summed E-state index contributed by atoms with van der Waals surface area (Å²) in [6.45, 7) is 2.18. The fraction of sp³-hybridized carbons (Fsp3) is 0.333. The first-order valence-electron chi connectivity index (χ1n) is 15.5. The maximum absolute atomic E-state index is 7.18. The van der Waals surface area contributed by atoms with E-state index in [2.05, 4.69) is 54.7 Å². The Balaban J connectivity index is 1.38. The number of methoxy groups -OCH3 is 3. The topological polar surface area (TPSA) is 105 Å². The standard InChI is InChI=1S/C36H39IN6O5/c1-23(42(2)3)41-33-31-34(39-21-38-33)43(22-40-31)35-32(46-6)30(37)29(48-35)20-47-36(24-10-8-7-9-11-24,25-12-16-27(44-4)17-13-25)26-14-18-28(45-5)19-15-26/h7-19,21-22,29-30,32,35H,20H2,1-6H3/b41-23+/t29-,30+,32-,35-/m1/s1. The van der Waals surface area contributed by atoms with Gasteiger partial charge in [-0.25, -0.2) is 19.9 Å². The van der Waals surface area contributed by atoms with Crippen LogP contribution in [0.25, 0.3) is 11.2 Å². The maximum Gasteiger partial charge on any atom is 0.185 e. The summed E-state index contributed by atoms with van der Waals surface area (Å²) in [5.41, 5.74) is 3.08. The van der Waals surface area contributed by atoms with Crippen molar-refractivity contribution in [2.75, 3.05) is 42.0 Å². The van der Waals surface area contributed by atoms with Crippen molar-refractivity contribution >= 4 is 45.4 Å². The number of hydrogen-bond donors (Lipinski definition) is 0. The molecule has 3 aromatic carbocycles. The Morgan fingerprint density at radius 2 is 1.48 bits per heavy atom. The molecule has 0 aliphatic carbocycles. The largest absolute Gasteiger partial charge is 0.497 e. The summed E-state index contributed by atoms with van der Waals surface area (Å²) < 4.78 is 32.9. The van der Waals surface area contributed by atoms with Crippen LogP contribution in [0.2, 0.25) is 0 Å². The van der Waals surface area contributed by atoms with Gasteiger partial charge in [0.25, 0.3) is 0 Å². The second-order valence-corrected chi connectivity index (χ2v) is 13.0. The molecule has 1 fully saturated rings. The molecule has 0 unspecified atom stereocenters. The molecule has 2 aromatic heterocycles. The van der Waals surface area contributed by atoms with Gasteiger partial charge in [0.2, 0.25) is 0 Å². The van der Waals surface area contributed by atoms with E-state index in [1.165, 1.54) is 6.33 Å². The fourth-order valence-corrected chi connectivity index (χ4v) is 6.97. The molecule has 6 rings (SSSR count). The second kappa shape index (κ2) is 14.6. The Kier molecular flexibility index (Phi) is 10.2. The van der Waals surface area contributed by atoms with Crippen molar-refractivity contribution in [3.63, 3.8) is 0 Å². The number of ether oxygens (including phenoxy) is 5. The molecule has 4 atom stereocenters. The van der Waals surface area contributed by atoms with Crippen LogP contribution in [0.15, 0.2) is 96.5 Å². The molecule has 0 radical (unpaired) electrons. The molecule has 0 bridgehead atoms. The molecule has 250 valence electrons. The van der Waals surface area contributed by atoms with Crippen molar-refractivity contribution in [3.8, 4) is 11.5 Å². The van der Waals surface area contributed by atoms with Crippen LogP contribution >= 0.6 is 22.6 Å². The van der Waals surface area contributed by atoms with Gasteiger partial charge >= 0.3 is 0 Å². The lowest BCUT2D eigenvalue weighted by Crippen LogP contribution is -2.38. The van der Waals surface area contributed by atoms with Crippen LogP contribution in [0, 0.1) is 0 Å². The number of benzene rings is 3. The van der Waals surface area contributed by atoms with E-state index in [1.54, 1.807) is 27.7 Å². The van der Waals surface area contributed by atoms with E-state index in [4.69, 9.17) is 23.7 Å². The molecular formula is C36H39IN6O5. The molecule has 1 aliphatic rings. The SMILES string of the molecule is COc1ccc(C(OC[C@H]2O[C@@H](n3cnc4c(/N=C(\C)N(C)C)ncnc43)[C@H](OC)[C@H]2I)(c2ccccc2)c2ccc(OC)cc2)cc1. The number of rotatable bonds is 11. The minimum atomic E-state index is -0.980. The van der Waals surface area contributed by atoms with Gasteiger partial charge in [0, 0.05) is 21.2 Å². The molecule has 48 heavy (non-hydrogen) atoms. The zero-order valence-corrected chi connectivity index (χ0v) is 29.9.